The minimum absolute atomic E-state index is 0.906. The summed E-state index contributed by atoms with van der Waals surface area (Å²) in [7, 11) is -6.09. The van der Waals surface area contributed by atoms with E-state index >= 15 is 0 Å². The van der Waals surface area contributed by atoms with E-state index in [1.54, 1.807) is 17.0 Å². The molecule has 5 heterocycles. The molecule has 0 nitrogen and oxygen atoms in total. The van der Waals surface area contributed by atoms with Gasteiger partial charge in [0.2, 0.25) is 0 Å². The third-order valence-electron chi connectivity index (χ3n) is 17.1. The number of hydrogen-bond donors (Lipinski definition) is 0. The predicted molar refractivity (Wildman–Crippen MR) is 217 cm³/mol. The topological polar surface area (TPSA) is 0 Å². The fourth-order valence-corrected chi connectivity index (χ4v) is 45.2. The molecule has 0 aliphatic carbocycles. The van der Waals surface area contributed by atoms with Gasteiger partial charge in [0.05, 0.1) is 0 Å². The van der Waals surface area contributed by atoms with Crippen LogP contribution in [0.1, 0.15) is 118 Å². The van der Waals surface area contributed by atoms with Crippen LogP contribution in [0.2, 0.25) is 0 Å². The molecule has 7 rings (SSSR count). The van der Waals surface area contributed by atoms with E-state index in [1.807, 2.05) is 21.2 Å². The van der Waals surface area contributed by atoms with Gasteiger partial charge >= 0.3 is 275 Å². The summed E-state index contributed by atoms with van der Waals surface area (Å²) in [6.45, 7) is 26.9. The van der Waals surface area contributed by atoms with Crippen LogP contribution in [-0.4, -0.2) is 64.5 Å². The van der Waals surface area contributed by atoms with Crippen molar-refractivity contribution in [2.75, 3.05) is 19.2 Å². The third-order valence-corrected chi connectivity index (χ3v) is 45.8. The van der Waals surface area contributed by atoms with Crippen LogP contribution in [0.5, 0.6) is 0 Å². The second-order valence-electron chi connectivity index (χ2n) is 18.3. The molecule has 5 aliphatic rings. The van der Waals surface area contributed by atoms with Gasteiger partial charge < -0.3 is 0 Å². The molecular formula is C40H68P4. The van der Waals surface area contributed by atoms with Crippen molar-refractivity contribution in [2.24, 2.45) is 0 Å². The van der Waals surface area contributed by atoms with Crippen molar-refractivity contribution in [3.63, 3.8) is 0 Å². The van der Waals surface area contributed by atoms with E-state index < -0.39 is 29.0 Å². The molecule has 248 valence electrons. The van der Waals surface area contributed by atoms with E-state index in [1.165, 1.54) is 51.4 Å². The number of rotatable bonds is 4. The Morgan fingerprint density at radius 1 is 0.432 bits per heavy atom. The first kappa shape index (κ1) is 32.7. The van der Waals surface area contributed by atoms with Crippen molar-refractivity contribution in [1.82, 2.24) is 0 Å². The first-order valence-corrected chi connectivity index (χ1v) is 29.1. The molecule has 4 heteroatoms. The Bertz CT molecular complexity index is 1390. The van der Waals surface area contributed by atoms with Gasteiger partial charge in [0.15, 0.2) is 0 Å². The van der Waals surface area contributed by atoms with Gasteiger partial charge in [0, 0.05) is 0 Å². The summed E-state index contributed by atoms with van der Waals surface area (Å²) in [5, 5.41) is 7.79. The van der Waals surface area contributed by atoms with Crippen molar-refractivity contribution in [3.05, 3.63) is 47.5 Å². The zero-order valence-corrected chi connectivity index (χ0v) is 34.2. The molecule has 5 aliphatic heterocycles. The first-order chi connectivity index (χ1) is 20.8. The van der Waals surface area contributed by atoms with Gasteiger partial charge in [0.1, 0.15) is 0 Å². The number of fused-ring (bicyclic) bond motifs is 3. The van der Waals surface area contributed by atoms with E-state index in [0.717, 1.165) is 51.7 Å². The first-order valence-electron chi connectivity index (χ1n) is 19.1. The Balaban J connectivity index is 1.33. The van der Waals surface area contributed by atoms with E-state index in [-0.39, 0.29) is 0 Å². The van der Waals surface area contributed by atoms with Gasteiger partial charge in [0.25, 0.3) is 0 Å². The van der Waals surface area contributed by atoms with E-state index in [0.29, 0.717) is 0 Å². The van der Waals surface area contributed by atoms with Crippen LogP contribution in [0, 0.1) is 0 Å². The Morgan fingerprint density at radius 3 is 1.23 bits per heavy atom. The molecule has 2 aromatic carbocycles. The van der Waals surface area contributed by atoms with Crippen LogP contribution in [0.15, 0.2) is 36.4 Å². The summed E-state index contributed by atoms with van der Waals surface area (Å²) in [4.78, 5) is 0. The van der Waals surface area contributed by atoms with Crippen molar-refractivity contribution >= 4 is 50.3 Å². The molecule has 44 heavy (non-hydrogen) atoms. The number of benzene rings is 2. The monoisotopic (exact) mass is 672 g/mol. The molecule has 4 fully saturated rings. The molecule has 8 atom stereocenters. The van der Waals surface area contributed by atoms with Gasteiger partial charge in [-0.25, -0.2) is 0 Å². The summed E-state index contributed by atoms with van der Waals surface area (Å²) in [5.41, 5.74) is 10.8. The predicted octanol–water partition coefficient (Wildman–Crippen LogP) is 9.29. The molecule has 0 saturated carbocycles. The summed E-state index contributed by atoms with van der Waals surface area (Å²) < 4.78 is 0. The zero-order valence-electron chi connectivity index (χ0n) is 30.2. The Labute approximate surface area is 274 Å². The van der Waals surface area contributed by atoms with E-state index in [4.69, 9.17) is 0 Å². The van der Waals surface area contributed by atoms with Crippen molar-refractivity contribution < 1.29 is 0 Å². The molecule has 0 unspecified atom stereocenters. The summed E-state index contributed by atoms with van der Waals surface area (Å²) >= 11 is 0. The minimum atomic E-state index is -1.59. The molecule has 0 N–H and O–H groups in total. The van der Waals surface area contributed by atoms with Crippen LogP contribution >= 0.6 is 29.0 Å². The van der Waals surface area contributed by atoms with Gasteiger partial charge in [-0.05, 0) is 0 Å². The third kappa shape index (κ3) is 4.35. The standard InChI is InChI=1S/C40H68P4/c1-27-11-12-28(2)41(27,9)37-21-19-35(24-39(37)42(10)29(3)13-14-30(42)4)23-36-20-22-38-40(25-36)44(33(7)17-18-34(44)8)26-43(38)31(5)15-16-32(43)6/h19-22,24-25,27-34,41-44H,11-18,23,26H2,1-10H3/t27-,28-,29-,30-,31+,32+,33+,34+/m0/s1. The normalized spacial score (nSPS) is 40.7. The van der Waals surface area contributed by atoms with E-state index in [2.05, 4.69) is 105 Å². The SMILES string of the molecule is C[C@@H]1CC[C@@H](C)[PH]12C[PH]1(c3cc(Cc4ccc([PH]5(C)[C@@H](C)CC[C@@H]5C)c([PH]5(C)[C@@H](C)CC[C@@H]5C)c4)ccc32)[C@H](C)CC[C@H]1C. The maximum absolute atomic E-state index is 2.87. The summed E-state index contributed by atoms with van der Waals surface area (Å²) in [5.74, 6) is 1.70. The maximum atomic E-state index is 2.87. The Hall–Kier alpha value is 0.160. The fraction of sp³-hybridized carbons (Fsp3) is 0.700. The van der Waals surface area contributed by atoms with Crippen LogP contribution in [0.3, 0.4) is 0 Å². The van der Waals surface area contributed by atoms with E-state index in [9.17, 15) is 0 Å². The second kappa shape index (κ2) is 11.4. The summed E-state index contributed by atoms with van der Waals surface area (Å²) in [6.07, 6.45) is 12.9. The van der Waals surface area contributed by atoms with Gasteiger partial charge in [-0.15, -0.1) is 0 Å². The van der Waals surface area contributed by atoms with Crippen molar-refractivity contribution in [3.8, 4) is 0 Å². The van der Waals surface area contributed by atoms with Crippen LogP contribution in [0.25, 0.3) is 0 Å². The summed E-state index contributed by atoms with van der Waals surface area (Å²) in [6, 6.07) is 16.5. The molecule has 0 aromatic heterocycles. The molecular weight excluding hydrogens is 604 g/mol. The second-order valence-corrected chi connectivity index (χ2v) is 39.0. The van der Waals surface area contributed by atoms with Crippen molar-refractivity contribution in [2.45, 2.75) is 158 Å². The Morgan fingerprint density at radius 2 is 0.773 bits per heavy atom. The van der Waals surface area contributed by atoms with Crippen LogP contribution < -0.4 is 21.2 Å². The Kier molecular flexibility index (Phi) is 8.44. The zero-order chi connectivity index (χ0) is 31.4. The average molecular weight is 673 g/mol. The van der Waals surface area contributed by atoms with Gasteiger partial charge in [-0.2, -0.15) is 0 Å². The molecule has 4 saturated heterocycles. The molecule has 0 amide bonds. The molecule has 0 bridgehead atoms. The molecule has 2 aromatic rings. The van der Waals surface area contributed by atoms with Gasteiger partial charge in [-0.1, -0.05) is 0 Å². The molecule has 0 radical (unpaired) electrons. The van der Waals surface area contributed by atoms with Crippen LogP contribution in [0.4, 0.5) is 0 Å². The average Bonchev–Trinajstić information content (AvgIpc) is 3.73. The molecule has 2 spiro atoms. The fourth-order valence-electron chi connectivity index (χ4n) is 13.0. The number of hydrogen-bond acceptors (Lipinski definition) is 0. The quantitative estimate of drug-likeness (QED) is 0.284. The van der Waals surface area contributed by atoms with Crippen molar-refractivity contribution in [1.29, 1.82) is 0 Å². The van der Waals surface area contributed by atoms with Crippen LogP contribution in [-0.2, 0) is 6.42 Å². The van der Waals surface area contributed by atoms with Gasteiger partial charge in [-0.3, -0.25) is 0 Å².